The summed E-state index contributed by atoms with van der Waals surface area (Å²) in [5.74, 6) is 0. The van der Waals surface area contributed by atoms with Crippen molar-refractivity contribution in [2.45, 2.75) is 33.4 Å². The van der Waals surface area contributed by atoms with Crippen LogP contribution >= 0.6 is 0 Å². The molecule has 86 valence electrons. The van der Waals surface area contributed by atoms with Gasteiger partial charge in [0.2, 0.25) is 0 Å². The third-order valence-corrected chi connectivity index (χ3v) is 3.33. The first-order valence-corrected chi connectivity index (χ1v) is 5.15. The Morgan fingerprint density at radius 3 is 2.69 bits per heavy atom. The normalized spacial score (nSPS) is 18.7. The van der Waals surface area contributed by atoms with E-state index in [0.717, 1.165) is 16.8 Å². The molecular formula is C11H14N2O3. The molecule has 2 rings (SSSR count). The largest absolute Gasteiger partial charge is 0.465 e. The predicted molar refractivity (Wildman–Crippen MR) is 58.5 cm³/mol. The molecule has 0 bridgehead atoms. The first-order valence-electron chi connectivity index (χ1n) is 5.15. The average molecular weight is 222 g/mol. The summed E-state index contributed by atoms with van der Waals surface area (Å²) in [5, 5.41) is 9.02. The fourth-order valence-corrected chi connectivity index (χ4v) is 2.31. The van der Waals surface area contributed by atoms with E-state index in [1.54, 1.807) is 0 Å². The number of aryl methyl sites for hydroxylation is 1. The van der Waals surface area contributed by atoms with Gasteiger partial charge in [0.05, 0.1) is 12.6 Å². The lowest BCUT2D eigenvalue weighted by Crippen LogP contribution is -2.26. The van der Waals surface area contributed by atoms with Crippen LogP contribution in [-0.2, 0) is 6.54 Å². The zero-order valence-electron chi connectivity index (χ0n) is 9.50. The highest BCUT2D eigenvalue weighted by atomic mass is 16.4. The second-order valence-corrected chi connectivity index (χ2v) is 4.18. The van der Waals surface area contributed by atoms with Crippen molar-refractivity contribution >= 4 is 6.09 Å². The number of rotatable bonds is 0. The molecule has 1 aromatic rings. The van der Waals surface area contributed by atoms with Gasteiger partial charge in [-0.15, -0.1) is 0 Å². The number of aromatic nitrogens is 1. The zero-order valence-corrected chi connectivity index (χ0v) is 9.50. The fourth-order valence-electron chi connectivity index (χ4n) is 2.31. The summed E-state index contributed by atoms with van der Waals surface area (Å²) in [6.07, 6.45) is -0.986. The smallest absolute Gasteiger partial charge is 0.408 e. The van der Waals surface area contributed by atoms with E-state index in [9.17, 15) is 9.59 Å². The van der Waals surface area contributed by atoms with Gasteiger partial charge in [-0.25, -0.2) is 4.79 Å². The van der Waals surface area contributed by atoms with Gasteiger partial charge in [0, 0.05) is 11.3 Å². The Morgan fingerprint density at radius 2 is 2.12 bits per heavy atom. The maximum absolute atomic E-state index is 11.7. The third kappa shape index (κ3) is 1.31. The lowest BCUT2D eigenvalue weighted by Gasteiger charge is -2.18. The number of nitrogens with zero attached hydrogens (tertiary/aromatic N) is 1. The summed E-state index contributed by atoms with van der Waals surface area (Å²) in [6.45, 7) is 5.73. The molecule has 1 atom stereocenters. The maximum atomic E-state index is 11.7. The Kier molecular flexibility index (Phi) is 2.26. The topological polar surface area (TPSA) is 73.4 Å². The number of pyridine rings is 1. The third-order valence-electron chi connectivity index (χ3n) is 3.33. The molecule has 1 amide bonds. The van der Waals surface area contributed by atoms with Crippen molar-refractivity contribution in [3.8, 4) is 0 Å². The number of amides is 1. The van der Waals surface area contributed by atoms with Crippen molar-refractivity contribution in [3.63, 3.8) is 0 Å². The van der Waals surface area contributed by atoms with Gasteiger partial charge >= 0.3 is 6.09 Å². The fraction of sp³-hybridized carbons (Fsp3) is 0.455. The van der Waals surface area contributed by atoms with Crippen LogP contribution in [0.25, 0.3) is 0 Å². The van der Waals surface area contributed by atoms with Gasteiger partial charge in [-0.2, -0.15) is 0 Å². The molecule has 0 radical (unpaired) electrons. The molecule has 2 N–H and O–H groups in total. The SMILES string of the molecule is Cc1[nH]c(=O)c2c(c1C)C(C)N(C(=O)O)C2. The minimum absolute atomic E-state index is 0.173. The van der Waals surface area contributed by atoms with Crippen molar-refractivity contribution in [1.29, 1.82) is 0 Å². The van der Waals surface area contributed by atoms with Crippen LogP contribution in [0.2, 0.25) is 0 Å². The van der Waals surface area contributed by atoms with Crippen LogP contribution < -0.4 is 5.56 Å². The van der Waals surface area contributed by atoms with Crippen LogP contribution in [0.4, 0.5) is 4.79 Å². The van der Waals surface area contributed by atoms with Gasteiger partial charge in [-0.3, -0.25) is 9.69 Å². The predicted octanol–water partition coefficient (Wildman–Crippen LogP) is 1.55. The van der Waals surface area contributed by atoms with E-state index >= 15 is 0 Å². The summed E-state index contributed by atoms with van der Waals surface area (Å²) in [4.78, 5) is 26.8. The van der Waals surface area contributed by atoms with Gasteiger partial charge in [-0.05, 0) is 31.9 Å². The molecule has 0 saturated carbocycles. The molecule has 0 fully saturated rings. The second-order valence-electron chi connectivity index (χ2n) is 4.18. The first kappa shape index (κ1) is 10.7. The Balaban J connectivity index is 2.64. The number of hydrogen-bond donors (Lipinski definition) is 2. The van der Waals surface area contributed by atoms with Crippen LogP contribution in [0, 0.1) is 13.8 Å². The van der Waals surface area contributed by atoms with Crippen LogP contribution in [0.15, 0.2) is 4.79 Å². The monoisotopic (exact) mass is 222 g/mol. The second kappa shape index (κ2) is 3.37. The van der Waals surface area contributed by atoms with Crippen molar-refractivity contribution in [3.05, 3.63) is 32.7 Å². The van der Waals surface area contributed by atoms with Crippen LogP contribution in [0.1, 0.15) is 35.3 Å². The molecule has 5 heteroatoms. The number of hydrogen-bond acceptors (Lipinski definition) is 2. The van der Waals surface area contributed by atoms with E-state index in [-0.39, 0.29) is 18.1 Å². The van der Waals surface area contributed by atoms with E-state index in [1.165, 1.54) is 4.90 Å². The Hall–Kier alpha value is -1.78. The molecule has 0 spiro atoms. The molecule has 0 saturated heterocycles. The molecule has 1 unspecified atom stereocenters. The van der Waals surface area contributed by atoms with Crippen LogP contribution in [0.5, 0.6) is 0 Å². The number of carbonyl (C=O) groups is 1. The summed E-state index contributed by atoms with van der Waals surface area (Å²) < 4.78 is 0. The van der Waals surface area contributed by atoms with E-state index in [1.807, 2.05) is 20.8 Å². The molecule has 5 nitrogen and oxygen atoms in total. The lowest BCUT2D eigenvalue weighted by molar-refractivity contribution is 0.132. The van der Waals surface area contributed by atoms with Crippen molar-refractivity contribution in [2.24, 2.45) is 0 Å². The standard InChI is InChI=1S/C11H14N2O3/c1-5-6(2)12-10(14)8-4-13(11(15)16)7(3)9(5)8/h7H,4H2,1-3H3,(H,12,14)(H,15,16). The number of fused-ring (bicyclic) bond motifs is 1. The minimum atomic E-state index is -0.986. The summed E-state index contributed by atoms with van der Waals surface area (Å²) in [6, 6.07) is -0.242. The van der Waals surface area contributed by atoms with E-state index in [4.69, 9.17) is 5.11 Å². The molecule has 1 aliphatic heterocycles. The summed E-state index contributed by atoms with van der Waals surface area (Å²) in [7, 11) is 0. The van der Waals surface area contributed by atoms with Crippen LogP contribution in [-0.4, -0.2) is 21.1 Å². The number of H-pyrrole nitrogens is 1. The quantitative estimate of drug-likeness (QED) is 0.699. The number of aromatic amines is 1. The number of nitrogens with one attached hydrogen (secondary N) is 1. The van der Waals surface area contributed by atoms with Crippen LogP contribution in [0.3, 0.4) is 0 Å². The Morgan fingerprint density at radius 1 is 1.50 bits per heavy atom. The molecule has 0 aromatic carbocycles. The molecule has 2 heterocycles. The average Bonchev–Trinajstić information content (AvgIpc) is 2.53. The van der Waals surface area contributed by atoms with Crippen molar-refractivity contribution < 1.29 is 9.90 Å². The van der Waals surface area contributed by atoms with Crippen molar-refractivity contribution in [2.75, 3.05) is 0 Å². The molecular weight excluding hydrogens is 208 g/mol. The summed E-state index contributed by atoms with van der Waals surface area (Å²) in [5.41, 5.74) is 3.06. The Bertz CT molecular complexity index is 519. The number of carboxylic acid groups (broad SMARTS) is 1. The molecule has 16 heavy (non-hydrogen) atoms. The molecule has 1 aromatic heterocycles. The summed E-state index contributed by atoms with van der Waals surface area (Å²) >= 11 is 0. The van der Waals surface area contributed by atoms with Gasteiger partial charge in [-0.1, -0.05) is 0 Å². The van der Waals surface area contributed by atoms with E-state index in [0.29, 0.717) is 5.56 Å². The maximum Gasteiger partial charge on any atom is 0.408 e. The van der Waals surface area contributed by atoms with Gasteiger partial charge < -0.3 is 10.1 Å². The van der Waals surface area contributed by atoms with E-state index < -0.39 is 6.09 Å². The highest BCUT2D eigenvalue weighted by molar-refractivity contribution is 5.67. The highest BCUT2D eigenvalue weighted by Gasteiger charge is 2.33. The van der Waals surface area contributed by atoms with Crippen molar-refractivity contribution in [1.82, 2.24) is 9.88 Å². The lowest BCUT2D eigenvalue weighted by atomic mass is 10.0. The van der Waals surface area contributed by atoms with Gasteiger partial charge in [0.25, 0.3) is 5.56 Å². The highest BCUT2D eigenvalue weighted by Crippen LogP contribution is 2.34. The van der Waals surface area contributed by atoms with E-state index in [2.05, 4.69) is 4.98 Å². The first-order chi connectivity index (χ1) is 7.43. The Labute approximate surface area is 92.7 Å². The molecule has 1 aliphatic rings. The van der Waals surface area contributed by atoms with Gasteiger partial charge in [0.1, 0.15) is 0 Å². The minimum Gasteiger partial charge on any atom is -0.465 e. The molecule has 0 aliphatic carbocycles. The zero-order chi connectivity index (χ0) is 12.0. The van der Waals surface area contributed by atoms with Gasteiger partial charge in [0.15, 0.2) is 0 Å².